The molecule has 4 heteroatoms. The van der Waals surface area contributed by atoms with Gasteiger partial charge in [-0.3, -0.25) is 4.90 Å². The van der Waals surface area contributed by atoms with Crippen LogP contribution in [0.4, 0.5) is 4.79 Å². The summed E-state index contributed by atoms with van der Waals surface area (Å²) in [5.74, 6) is 0. The predicted octanol–water partition coefficient (Wildman–Crippen LogP) is 0.777. The molecule has 0 bridgehead atoms. The number of hydrogen-bond acceptors (Lipinski definition) is 3. The Balaban J connectivity index is 1.98. The third kappa shape index (κ3) is 3.23. The Labute approximate surface area is 65.8 Å². The van der Waals surface area contributed by atoms with Gasteiger partial charge in [0.15, 0.2) is 0 Å². The summed E-state index contributed by atoms with van der Waals surface area (Å²) in [6, 6.07) is 0. The molecule has 1 aliphatic rings. The van der Waals surface area contributed by atoms with Crippen LogP contribution in [0.5, 0.6) is 0 Å². The zero-order valence-electron chi connectivity index (χ0n) is 6.45. The van der Waals surface area contributed by atoms with Crippen molar-refractivity contribution in [3.8, 4) is 0 Å². The van der Waals surface area contributed by atoms with E-state index in [1.807, 2.05) is 0 Å². The molecule has 0 aromatic carbocycles. The number of nitrogens with zero attached hydrogens (tertiary/aromatic N) is 1. The Hall–Kier alpha value is -0.770. The van der Waals surface area contributed by atoms with Crippen LogP contribution >= 0.6 is 0 Å². The predicted molar refractivity (Wildman–Crippen MR) is 39.7 cm³/mol. The highest BCUT2D eigenvalue weighted by atomic mass is 16.7. The van der Waals surface area contributed by atoms with Gasteiger partial charge >= 0.3 is 6.16 Å². The molecule has 64 valence electrons. The van der Waals surface area contributed by atoms with E-state index in [9.17, 15) is 4.79 Å². The molecule has 11 heavy (non-hydrogen) atoms. The van der Waals surface area contributed by atoms with Crippen molar-refractivity contribution < 1.29 is 14.6 Å². The Morgan fingerprint density at radius 2 is 2.09 bits per heavy atom. The Morgan fingerprint density at radius 1 is 1.45 bits per heavy atom. The van der Waals surface area contributed by atoms with Gasteiger partial charge in [0.25, 0.3) is 0 Å². The molecule has 0 aromatic rings. The largest absolute Gasteiger partial charge is 0.505 e. The van der Waals surface area contributed by atoms with E-state index in [0.29, 0.717) is 6.61 Å². The first-order valence-corrected chi connectivity index (χ1v) is 3.87. The zero-order valence-corrected chi connectivity index (χ0v) is 6.45. The van der Waals surface area contributed by atoms with Gasteiger partial charge in [-0.15, -0.1) is 0 Å². The molecule has 0 atom stereocenters. The van der Waals surface area contributed by atoms with Crippen molar-refractivity contribution in [2.45, 2.75) is 12.8 Å². The lowest BCUT2D eigenvalue weighted by atomic mass is 10.4. The van der Waals surface area contributed by atoms with E-state index in [0.717, 1.165) is 19.6 Å². The third-order valence-corrected chi connectivity index (χ3v) is 1.83. The van der Waals surface area contributed by atoms with Crippen LogP contribution < -0.4 is 0 Å². The second-order valence-electron chi connectivity index (χ2n) is 2.66. The quantitative estimate of drug-likeness (QED) is 0.618. The fraction of sp³-hybridized carbons (Fsp3) is 0.857. The van der Waals surface area contributed by atoms with Crippen molar-refractivity contribution in [1.82, 2.24) is 4.90 Å². The minimum Gasteiger partial charge on any atom is -0.450 e. The minimum atomic E-state index is -1.18. The standard InChI is InChI=1S/C7H13NO3/c9-7(10)11-6-5-8-3-1-2-4-8/h1-6H2,(H,9,10). The maximum atomic E-state index is 9.93. The summed E-state index contributed by atoms with van der Waals surface area (Å²) in [6.45, 7) is 3.22. The zero-order chi connectivity index (χ0) is 8.10. The number of rotatable bonds is 3. The van der Waals surface area contributed by atoms with Crippen molar-refractivity contribution in [2.24, 2.45) is 0 Å². The lowest BCUT2D eigenvalue weighted by Crippen LogP contribution is -2.24. The van der Waals surface area contributed by atoms with Gasteiger partial charge in [-0.25, -0.2) is 4.79 Å². The van der Waals surface area contributed by atoms with E-state index >= 15 is 0 Å². The number of ether oxygens (including phenoxy) is 1. The van der Waals surface area contributed by atoms with Crippen LogP contribution in [0.15, 0.2) is 0 Å². The molecule has 1 saturated heterocycles. The molecule has 0 amide bonds. The number of hydrogen-bond donors (Lipinski definition) is 1. The van der Waals surface area contributed by atoms with Crippen molar-refractivity contribution in [2.75, 3.05) is 26.2 Å². The highest BCUT2D eigenvalue weighted by molar-refractivity contribution is 5.56. The maximum absolute atomic E-state index is 9.93. The van der Waals surface area contributed by atoms with Crippen molar-refractivity contribution in [3.05, 3.63) is 0 Å². The summed E-state index contributed by atoms with van der Waals surface area (Å²) in [7, 11) is 0. The van der Waals surface area contributed by atoms with Gasteiger partial charge in [-0.1, -0.05) is 0 Å². The average Bonchev–Trinajstić information content (AvgIpc) is 2.39. The van der Waals surface area contributed by atoms with Gasteiger partial charge < -0.3 is 9.84 Å². The van der Waals surface area contributed by atoms with Crippen LogP contribution in [0.1, 0.15) is 12.8 Å². The fourth-order valence-electron chi connectivity index (χ4n) is 1.27. The van der Waals surface area contributed by atoms with E-state index in [2.05, 4.69) is 9.64 Å². The summed E-state index contributed by atoms with van der Waals surface area (Å²) < 4.78 is 4.38. The van der Waals surface area contributed by atoms with Gasteiger partial charge in [0.05, 0.1) is 0 Å². The molecule has 0 saturated carbocycles. The van der Waals surface area contributed by atoms with E-state index < -0.39 is 6.16 Å². The first-order chi connectivity index (χ1) is 5.29. The van der Waals surface area contributed by atoms with Crippen LogP contribution in [0.2, 0.25) is 0 Å². The topological polar surface area (TPSA) is 49.8 Å². The molecule has 0 aliphatic carbocycles. The van der Waals surface area contributed by atoms with Gasteiger partial charge in [-0.2, -0.15) is 0 Å². The van der Waals surface area contributed by atoms with E-state index in [1.54, 1.807) is 0 Å². The number of likely N-dealkylation sites (tertiary alicyclic amines) is 1. The molecule has 1 rings (SSSR count). The van der Waals surface area contributed by atoms with Crippen molar-refractivity contribution >= 4 is 6.16 Å². The normalized spacial score (nSPS) is 18.5. The average molecular weight is 159 g/mol. The highest BCUT2D eigenvalue weighted by Gasteiger charge is 2.10. The molecule has 4 nitrogen and oxygen atoms in total. The van der Waals surface area contributed by atoms with Gasteiger partial charge in [0.1, 0.15) is 6.61 Å². The highest BCUT2D eigenvalue weighted by Crippen LogP contribution is 2.05. The third-order valence-electron chi connectivity index (χ3n) is 1.83. The fourth-order valence-corrected chi connectivity index (χ4v) is 1.27. The van der Waals surface area contributed by atoms with Gasteiger partial charge in [-0.05, 0) is 25.9 Å². The molecule has 0 radical (unpaired) electrons. The molecule has 1 N–H and O–H groups in total. The Kier molecular flexibility index (Phi) is 3.16. The summed E-state index contributed by atoms with van der Waals surface area (Å²) >= 11 is 0. The van der Waals surface area contributed by atoms with E-state index in [4.69, 9.17) is 5.11 Å². The van der Waals surface area contributed by atoms with Crippen LogP contribution in [-0.2, 0) is 4.74 Å². The molecule has 1 heterocycles. The Bertz CT molecular complexity index is 132. The molecule has 0 aromatic heterocycles. The minimum absolute atomic E-state index is 0.301. The number of carboxylic acid groups (broad SMARTS) is 1. The molecular formula is C7H13NO3. The van der Waals surface area contributed by atoms with Gasteiger partial charge in [0.2, 0.25) is 0 Å². The van der Waals surface area contributed by atoms with E-state index in [1.165, 1.54) is 12.8 Å². The monoisotopic (exact) mass is 159 g/mol. The molecule has 1 fully saturated rings. The van der Waals surface area contributed by atoms with Crippen molar-refractivity contribution in [3.63, 3.8) is 0 Å². The van der Waals surface area contributed by atoms with Crippen LogP contribution in [0.3, 0.4) is 0 Å². The van der Waals surface area contributed by atoms with Crippen LogP contribution in [0, 0.1) is 0 Å². The second kappa shape index (κ2) is 4.18. The maximum Gasteiger partial charge on any atom is 0.505 e. The molecule has 1 aliphatic heterocycles. The summed E-state index contributed by atoms with van der Waals surface area (Å²) in [5, 5.41) is 8.15. The number of carbonyl (C=O) groups is 1. The second-order valence-corrected chi connectivity index (χ2v) is 2.66. The first-order valence-electron chi connectivity index (χ1n) is 3.87. The summed E-state index contributed by atoms with van der Waals surface area (Å²) in [6.07, 6.45) is 1.28. The first kappa shape index (κ1) is 8.33. The molecule has 0 unspecified atom stereocenters. The molecule has 0 spiro atoms. The lowest BCUT2D eigenvalue weighted by molar-refractivity contribution is 0.0832. The Morgan fingerprint density at radius 3 is 2.64 bits per heavy atom. The summed E-state index contributed by atoms with van der Waals surface area (Å²) in [5.41, 5.74) is 0. The van der Waals surface area contributed by atoms with E-state index in [-0.39, 0.29) is 0 Å². The lowest BCUT2D eigenvalue weighted by Gasteiger charge is -2.12. The van der Waals surface area contributed by atoms with Crippen LogP contribution in [-0.4, -0.2) is 42.4 Å². The van der Waals surface area contributed by atoms with Gasteiger partial charge in [0, 0.05) is 6.54 Å². The summed E-state index contributed by atoms with van der Waals surface area (Å²) in [4.78, 5) is 12.1. The molecular weight excluding hydrogens is 146 g/mol. The van der Waals surface area contributed by atoms with Crippen molar-refractivity contribution in [1.29, 1.82) is 0 Å². The smallest absolute Gasteiger partial charge is 0.450 e. The van der Waals surface area contributed by atoms with Crippen LogP contribution in [0.25, 0.3) is 0 Å². The SMILES string of the molecule is O=C(O)OCCN1CCCC1.